The Morgan fingerprint density at radius 1 is 1.35 bits per heavy atom. The van der Waals surface area contributed by atoms with E-state index in [1.807, 2.05) is 19.1 Å². The molecule has 0 aliphatic heterocycles. The van der Waals surface area contributed by atoms with Crippen LogP contribution in [0, 0.1) is 0 Å². The van der Waals surface area contributed by atoms with Crippen LogP contribution in [-0.4, -0.2) is 15.9 Å². The van der Waals surface area contributed by atoms with Gasteiger partial charge in [0, 0.05) is 6.20 Å². The molecule has 0 aliphatic carbocycles. The average Bonchev–Trinajstić information content (AvgIpc) is 2.48. The standard InChI is InChI=1S/C15H17N3O2/c1-3-11-4-6-12(7-5-11)10(2)18-15(20)13-8-17-14(19)9-16-13/h4-10H,3H2,1-2H3,(H,17,19)(H,18,20). The fourth-order valence-corrected chi connectivity index (χ4v) is 1.86. The van der Waals surface area contributed by atoms with Crippen molar-refractivity contribution < 1.29 is 4.79 Å². The summed E-state index contributed by atoms with van der Waals surface area (Å²) in [5, 5.41) is 2.85. The predicted octanol–water partition coefficient (Wildman–Crippen LogP) is 1.82. The maximum Gasteiger partial charge on any atom is 0.271 e. The molecule has 0 spiro atoms. The Balaban J connectivity index is 2.06. The van der Waals surface area contributed by atoms with Gasteiger partial charge in [0.05, 0.1) is 12.2 Å². The van der Waals surface area contributed by atoms with Gasteiger partial charge in [-0.25, -0.2) is 4.98 Å². The van der Waals surface area contributed by atoms with Crippen LogP contribution in [0.25, 0.3) is 0 Å². The first-order chi connectivity index (χ1) is 9.60. The van der Waals surface area contributed by atoms with Gasteiger partial charge in [-0.3, -0.25) is 9.59 Å². The number of aryl methyl sites for hydroxylation is 1. The topological polar surface area (TPSA) is 74.8 Å². The van der Waals surface area contributed by atoms with Crippen molar-refractivity contribution in [1.29, 1.82) is 0 Å². The highest BCUT2D eigenvalue weighted by molar-refractivity contribution is 5.92. The van der Waals surface area contributed by atoms with E-state index >= 15 is 0 Å². The highest BCUT2D eigenvalue weighted by Crippen LogP contribution is 2.14. The molecule has 2 rings (SSSR count). The molecule has 2 N–H and O–H groups in total. The van der Waals surface area contributed by atoms with Crippen LogP contribution in [0.3, 0.4) is 0 Å². The number of hydrogen-bond acceptors (Lipinski definition) is 3. The van der Waals surface area contributed by atoms with Crippen LogP contribution in [0.5, 0.6) is 0 Å². The summed E-state index contributed by atoms with van der Waals surface area (Å²) in [7, 11) is 0. The Labute approximate surface area is 117 Å². The van der Waals surface area contributed by atoms with Gasteiger partial charge >= 0.3 is 0 Å². The zero-order valence-electron chi connectivity index (χ0n) is 11.5. The van der Waals surface area contributed by atoms with Crippen LogP contribution >= 0.6 is 0 Å². The van der Waals surface area contributed by atoms with Crippen LogP contribution in [0.2, 0.25) is 0 Å². The van der Waals surface area contributed by atoms with E-state index in [2.05, 4.69) is 34.3 Å². The molecule has 0 saturated carbocycles. The molecule has 2 aromatic rings. The molecule has 1 aromatic heterocycles. The number of carbonyl (C=O) groups excluding carboxylic acids is 1. The minimum absolute atomic E-state index is 0.123. The number of amides is 1. The van der Waals surface area contributed by atoms with E-state index in [0.717, 1.165) is 18.2 Å². The number of nitrogens with one attached hydrogen (secondary N) is 2. The van der Waals surface area contributed by atoms with Crippen molar-refractivity contribution in [2.45, 2.75) is 26.3 Å². The summed E-state index contributed by atoms with van der Waals surface area (Å²) in [4.78, 5) is 29.1. The van der Waals surface area contributed by atoms with Gasteiger partial charge in [-0.1, -0.05) is 31.2 Å². The monoisotopic (exact) mass is 271 g/mol. The highest BCUT2D eigenvalue weighted by Gasteiger charge is 2.12. The van der Waals surface area contributed by atoms with Crippen molar-refractivity contribution in [3.63, 3.8) is 0 Å². The summed E-state index contributed by atoms with van der Waals surface area (Å²) in [6.45, 7) is 4.01. The van der Waals surface area contributed by atoms with E-state index in [9.17, 15) is 9.59 Å². The fourth-order valence-electron chi connectivity index (χ4n) is 1.86. The normalized spacial score (nSPS) is 11.9. The van der Waals surface area contributed by atoms with Crippen molar-refractivity contribution in [3.05, 3.63) is 63.8 Å². The quantitative estimate of drug-likeness (QED) is 0.890. The minimum Gasteiger partial charge on any atom is -0.344 e. The van der Waals surface area contributed by atoms with Gasteiger partial charge < -0.3 is 10.3 Å². The first-order valence-electron chi connectivity index (χ1n) is 6.54. The number of H-pyrrole nitrogens is 1. The first kappa shape index (κ1) is 14.0. The second-order valence-corrected chi connectivity index (χ2v) is 4.59. The first-order valence-corrected chi connectivity index (χ1v) is 6.54. The Bertz CT molecular complexity index is 626. The average molecular weight is 271 g/mol. The van der Waals surface area contributed by atoms with Gasteiger partial charge in [0.1, 0.15) is 5.69 Å². The van der Waals surface area contributed by atoms with Gasteiger partial charge in [-0.15, -0.1) is 0 Å². The Hall–Kier alpha value is -2.43. The molecule has 1 atom stereocenters. The van der Waals surface area contributed by atoms with Gasteiger partial charge in [0.25, 0.3) is 11.5 Å². The third-order valence-electron chi connectivity index (χ3n) is 3.14. The van der Waals surface area contributed by atoms with Crippen molar-refractivity contribution in [2.75, 3.05) is 0 Å². The molecule has 1 amide bonds. The third kappa shape index (κ3) is 3.32. The molecule has 1 unspecified atom stereocenters. The van der Waals surface area contributed by atoms with Crippen molar-refractivity contribution in [1.82, 2.24) is 15.3 Å². The number of carbonyl (C=O) groups is 1. The lowest BCUT2D eigenvalue weighted by molar-refractivity contribution is 0.0934. The van der Waals surface area contributed by atoms with Crippen LogP contribution in [-0.2, 0) is 6.42 Å². The zero-order chi connectivity index (χ0) is 14.5. The maximum atomic E-state index is 12.0. The number of rotatable bonds is 4. The Kier molecular flexibility index (Phi) is 4.30. The Morgan fingerprint density at radius 3 is 2.60 bits per heavy atom. The van der Waals surface area contributed by atoms with Crippen LogP contribution in [0.15, 0.2) is 41.5 Å². The summed E-state index contributed by atoms with van der Waals surface area (Å²) >= 11 is 0. The molecule has 0 aliphatic rings. The molecule has 0 fully saturated rings. The third-order valence-corrected chi connectivity index (χ3v) is 3.14. The van der Waals surface area contributed by atoms with Gasteiger partial charge in [-0.05, 0) is 24.5 Å². The predicted molar refractivity (Wildman–Crippen MR) is 76.6 cm³/mol. The second-order valence-electron chi connectivity index (χ2n) is 4.59. The summed E-state index contributed by atoms with van der Waals surface area (Å²) in [5.41, 5.74) is 2.15. The molecule has 5 nitrogen and oxygen atoms in total. The molecule has 0 bridgehead atoms. The van der Waals surface area contributed by atoms with Crippen molar-refractivity contribution >= 4 is 5.91 Å². The van der Waals surface area contributed by atoms with Crippen LogP contribution in [0.1, 0.15) is 41.5 Å². The fraction of sp³-hybridized carbons (Fsp3) is 0.267. The lowest BCUT2D eigenvalue weighted by atomic mass is 10.0. The summed E-state index contributed by atoms with van der Waals surface area (Å²) in [6.07, 6.45) is 3.39. The molecule has 20 heavy (non-hydrogen) atoms. The Morgan fingerprint density at radius 2 is 2.05 bits per heavy atom. The summed E-state index contributed by atoms with van der Waals surface area (Å²) in [6, 6.07) is 7.99. The van der Waals surface area contributed by atoms with E-state index in [-0.39, 0.29) is 23.2 Å². The number of benzene rings is 1. The summed E-state index contributed by atoms with van der Waals surface area (Å²) in [5.74, 6) is -0.312. The van der Waals surface area contributed by atoms with Crippen LogP contribution in [0.4, 0.5) is 0 Å². The van der Waals surface area contributed by atoms with E-state index in [1.54, 1.807) is 0 Å². The van der Waals surface area contributed by atoms with E-state index < -0.39 is 0 Å². The molecule has 1 heterocycles. The van der Waals surface area contributed by atoms with Gasteiger partial charge in [0.15, 0.2) is 0 Å². The molecular weight excluding hydrogens is 254 g/mol. The number of hydrogen-bond donors (Lipinski definition) is 2. The van der Waals surface area contributed by atoms with E-state index in [4.69, 9.17) is 0 Å². The van der Waals surface area contributed by atoms with Gasteiger partial charge in [-0.2, -0.15) is 0 Å². The van der Waals surface area contributed by atoms with Crippen molar-refractivity contribution in [2.24, 2.45) is 0 Å². The highest BCUT2D eigenvalue weighted by atomic mass is 16.2. The lowest BCUT2D eigenvalue weighted by Crippen LogP contribution is -2.28. The van der Waals surface area contributed by atoms with Crippen LogP contribution < -0.4 is 10.9 Å². The largest absolute Gasteiger partial charge is 0.344 e. The number of aromatic amines is 1. The smallest absolute Gasteiger partial charge is 0.271 e. The molecule has 1 aromatic carbocycles. The summed E-state index contributed by atoms with van der Waals surface area (Å²) < 4.78 is 0. The second kappa shape index (κ2) is 6.14. The minimum atomic E-state index is -0.329. The van der Waals surface area contributed by atoms with E-state index in [0.29, 0.717) is 0 Å². The zero-order valence-corrected chi connectivity index (χ0v) is 11.5. The van der Waals surface area contributed by atoms with E-state index in [1.165, 1.54) is 11.8 Å². The number of aromatic nitrogens is 2. The molecule has 0 saturated heterocycles. The molecule has 104 valence electrons. The molecular formula is C15H17N3O2. The van der Waals surface area contributed by atoms with Crippen molar-refractivity contribution in [3.8, 4) is 0 Å². The SMILES string of the molecule is CCc1ccc(C(C)NC(=O)c2c[nH]c(=O)cn2)cc1. The maximum absolute atomic E-state index is 12.0. The molecule has 5 heteroatoms. The van der Waals surface area contributed by atoms with Gasteiger partial charge in [0.2, 0.25) is 0 Å². The lowest BCUT2D eigenvalue weighted by Gasteiger charge is -2.14. The number of nitrogens with zero attached hydrogens (tertiary/aromatic N) is 1. The molecule has 0 radical (unpaired) electrons.